The number of ether oxygens (including phenoxy) is 1. The first-order chi connectivity index (χ1) is 9.58. The molecule has 0 N–H and O–H groups in total. The summed E-state index contributed by atoms with van der Waals surface area (Å²) in [7, 11) is 1.70. The van der Waals surface area contributed by atoms with Crippen molar-refractivity contribution in [2.24, 2.45) is 0 Å². The fourth-order valence-electron chi connectivity index (χ4n) is 2.22. The van der Waals surface area contributed by atoms with Crippen LogP contribution in [0.3, 0.4) is 0 Å². The first-order valence-corrected chi connectivity index (χ1v) is 8.50. The molecule has 0 fully saturated rings. The number of benzene rings is 2. The average molecular weight is 351 g/mol. The van der Waals surface area contributed by atoms with Crippen LogP contribution >= 0.6 is 27.7 Å². The average Bonchev–Trinajstić information content (AvgIpc) is 2.40. The van der Waals surface area contributed by atoms with Crippen molar-refractivity contribution in [3.8, 4) is 5.75 Å². The van der Waals surface area contributed by atoms with E-state index in [1.165, 1.54) is 22.3 Å². The summed E-state index contributed by atoms with van der Waals surface area (Å²) in [6, 6.07) is 12.9. The summed E-state index contributed by atoms with van der Waals surface area (Å²) in [5.41, 5.74) is 5.34. The second-order valence-electron chi connectivity index (χ2n) is 4.95. The number of halogens is 1. The van der Waals surface area contributed by atoms with Crippen LogP contribution in [0, 0.1) is 13.8 Å². The number of hydrogen-bond acceptors (Lipinski definition) is 2. The van der Waals surface area contributed by atoms with Gasteiger partial charge in [-0.3, -0.25) is 0 Å². The molecule has 0 radical (unpaired) electrons. The molecule has 0 atom stereocenters. The zero-order valence-corrected chi connectivity index (χ0v) is 14.5. The molecule has 0 aliphatic carbocycles. The van der Waals surface area contributed by atoms with Crippen molar-refractivity contribution in [2.45, 2.75) is 25.4 Å². The van der Waals surface area contributed by atoms with Crippen LogP contribution in [0.25, 0.3) is 0 Å². The van der Waals surface area contributed by atoms with Crippen molar-refractivity contribution in [1.29, 1.82) is 0 Å². The largest absolute Gasteiger partial charge is 0.497 e. The molecule has 0 amide bonds. The maximum atomic E-state index is 5.28. The van der Waals surface area contributed by atoms with Crippen molar-refractivity contribution < 1.29 is 4.74 Å². The van der Waals surface area contributed by atoms with Crippen molar-refractivity contribution in [3.63, 3.8) is 0 Å². The molecule has 1 nitrogen and oxygen atoms in total. The van der Waals surface area contributed by atoms with Crippen molar-refractivity contribution in [2.75, 3.05) is 7.11 Å². The van der Waals surface area contributed by atoms with Crippen LogP contribution in [-0.2, 0) is 11.5 Å². The SMILES string of the molecule is COc1ccc(Br)c(CSCc2cc(C)cc(C)c2)c1. The third kappa shape index (κ3) is 4.29. The minimum Gasteiger partial charge on any atom is -0.497 e. The molecule has 2 aromatic carbocycles. The van der Waals surface area contributed by atoms with Crippen LogP contribution in [0.15, 0.2) is 40.9 Å². The Balaban J connectivity index is 1.99. The molecule has 0 heterocycles. The van der Waals surface area contributed by atoms with Gasteiger partial charge in [0.15, 0.2) is 0 Å². The van der Waals surface area contributed by atoms with E-state index in [0.717, 1.165) is 21.7 Å². The molecule has 0 saturated carbocycles. The van der Waals surface area contributed by atoms with Crippen LogP contribution in [0.2, 0.25) is 0 Å². The van der Waals surface area contributed by atoms with Crippen LogP contribution < -0.4 is 4.74 Å². The Bertz CT molecular complexity index is 575. The third-order valence-electron chi connectivity index (χ3n) is 3.06. The molecule has 20 heavy (non-hydrogen) atoms. The van der Waals surface area contributed by atoms with Gasteiger partial charge in [-0.15, -0.1) is 0 Å². The van der Waals surface area contributed by atoms with Crippen molar-refractivity contribution in [1.82, 2.24) is 0 Å². The molecule has 2 aromatic rings. The topological polar surface area (TPSA) is 9.23 Å². The van der Waals surface area contributed by atoms with Crippen LogP contribution in [0.4, 0.5) is 0 Å². The molecule has 0 aliphatic rings. The summed E-state index contributed by atoms with van der Waals surface area (Å²) in [5, 5.41) is 0. The van der Waals surface area contributed by atoms with E-state index < -0.39 is 0 Å². The minimum atomic E-state index is 0.912. The molecule has 0 bridgehead atoms. The summed E-state index contributed by atoms with van der Waals surface area (Å²) >= 11 is 5.53. The predicted octanol–water partition coefficient (Wildman–Crippen LogP) is 5.51. The molecule has 0 unspecified atom stereocenters. The van der Waals surface area contributed by atoms with Crippen molar-refractivity contribution >= 4 is 27.7 Å². The Morgan fingerprint density at radius 1 is 1.00 bits per heavy atom. The van der Waals surface area contributed by atoms with Gasteiger partial charge in [-0.25, -0.2) is 0 Å². The second-order valence-corrected chi connectivity index (χ2v) is 6.79. The van der Waals surface area contributed by atoms with Gasteiger partial charge in [0.05, 0.1) is 7.11 Å². The van der Waals surface area contributed by atoms with E-state index >= 15 is 0 Å². The Morgan fingerprint density at radius 2 is 1.70 bits per heavy atom. The van der Waals surface area contributed by atoms with Gasteiger partial charge in [-0.05, 0) is 43.2 Å². The number of methoxy groups -OCH3 is 1. The lowest BCUT2D eigenvalue weighted by Gasteiger charge is -2.08. The molecule has 0 spiro atoms. The quantitative estimate of drug-likeness (QED) is 0.703. The lowest BCUT2D eigenvalue weighted by atomic mass is 10.1. The summed E-state index contributed by atoms with van der Waals surface area (Å²) in [6.45, 7) is 4.31. The molecular weight excluding hydrogens is 332 g/mol. The van der Waals surface area contributed by atoms with Gasteiger partial charge in [0.2, 0.25) is 0 Å². The predicted molar refractivity (Wildman–Crippen MR) is 91.6 cm³/mol. The number of thioether (sulfide) groups is 1. The van der Waals surface area contributed by atoms with Gasteiger partial charge in [-0.1, -0.05) is 45.3 Å². The van der Waals surface area contributed by atoms with Gasteiger partial charge in [-0.2, -0.15) is 11.8 Å². The molecular formula is C17H19BrOS. The highest BCUT2D eigenvalue weighted by Gasteiger charge is 2.03. The lowest BCUT2D eigenvalue weighted by Crippen LogP contribution is -1.89. The Labute approximate surface area is 133 Å². The monoisotopic (exact) mass is 350 g/mol. The first-order valence-electron chi connectivity index (χ1n) is 6.56. The van der Waals surface area contributed by atoms with Gasteiger partial charge in [0, 0.05) is 16.0 Å². The Kier molecular flexibility index (Phi) is 5.55. The number of aryl methyl sites for hydroxylation is 2. The minimum absolute atomic E-state index is 0.912. The molecule has 0 aromatic heterocycles. The summed E-state index contributed by atoms with van der Waals surface area (Å²) in [5.74, 6) is 2.92. The summed E-state index contributed by atoms with van der Waals surface area (Å²) in [6.07, 6.45) is 0. The molecule has 2 rings (SSSR count). The summed E-state index contributed by atoms with van der Waals surface area (Å²) < 4.78 is 6.42. The van der Waals surface area contributed by atoms with E-state index in [4.69, 9.17) is 4.74 Å². The molecule has 0 aliphatic heterocycles. The molecule has 106 valence electrons. The second kappa shape index (κ2) is 7.19. The fourth-order valence-corrected chi connectivity index (χ4v) is 3.76. The van der Waals surface area contributed by atoms with E-state index in [2.05, 4.69) is 54.0 Å². The highest BCUT2D eigenvalue weighted by atomic mass is 79.9. The van der Waals surface area contributed by atoms with Gasteiger partial charge >= 0.3 is 0 Å². The standard InChI is InChI=1S/C17H19BrOS/c1-12-6-13(2)8-14(7-12)10-20-11-15-9-16(19-3)4-5-17(15)18/h4-9H,10-11H2,1-3H3. The van der Waals surface area contributed by atoms with E-state index in [0.29, 0.717) is 0 Å². The first kappa shape index (κ1) is 15.5. The van der Waals surface area contributed by atoms with E-state index in [1.54, 1.807) is 7.11 Å². The molecule has 3 heteroatoms. The lowest BCUT2D eigenvalue weighted by molar-refractivity contribution is 0.414. The van der Waals surface area contributed by atoms with E-state index in [1.807, 2.05) is 23.9 Å². The van der Waals surface area contributed by atoms with Gasteiger partial charge in [0.1, 0.15) is 5.75 Å². The highest BCUT2D eigenvalue weighted by molar-refractivity contribution is 9.10. The fraction of sp³-hybridized carbons (Fsp3) is 0.294. The van der Waals surface area contributed by atoms with E-state index in [9.17, 15) is 0 Å². The summed E-state index contributed by atoms with van der Waals surface area (Å²) in [4.78, 5) is 0. The number of rotatable bonds is 5. The van der Waals surface area contributed by atoms with Crippen LogP contribution in [0.5, 0.6) is 5.75 Å². The van der Waals surface area contributed by atoms with Crippen LogP contribution in [0.1, 0.15) is 22.3 Å². The number of hydrogen-bond donors (Lipinski definition) is 0. The van der Waals surface area contributed by atoms with Crippen LogP contribution in [-0.4, -0.2) is 7.11 Å². The maximum Gasteiger partial charge on any atom is 0.119 e. The Hall–Kier alpha value is -0.930. The third-order valence-corrected chi connectivity index (χ3v) is 4.89. The zero-order chi connectivity index (χ0) is 14.5. The van der Waals surface area contributed by atoms with Crippen molar-refractivity contribution in [3.05, 3.63) is 63.1 Å². The molecule has 0 saturated heterocycles. The normalized spacial score (nSPS) is 10.6. The van der Waals surface area contributed by atoms with E-state index in [-0.39, 0.29) is 0 Å². The maximum absolute atomic E-state index is 5.28. The van der Waals surface area contributed by atoms with Gasteiger partial charge in [0.25, 0.3) is 0 Å². The zero-order valence-electron chi connectivity index (χ0n) is 12.1. The Morgan fingerprint density at radius 3 is 2.35 bits per heavy atom. The van der Waals surface area contributed by atoms with Gasteiger partial charge < -0.3 is 4.74 Å². The highest BCUT2D eigenvalue weighted by Crippen LogP contribution is 2.27. The smallest absolute Gasteiger partial charge is 0.119 e.